The summed E-state index contributed by atoms with van der Waals surface area (Å²) in [5, 5.41) is 3.53. The molecule has 3 aliphatic rings. The summed E-state index contributed by atoms with van der Waals surface area (Å²) in [6.45, 7) is 1.86. The van der Waals surface area contributed by atoms with E-state index in [1.54, 1.807) is 0 Å². The van der Waals surface area contributed by atoms with Crippen LogP contribution in [0.4, 0.5) is 0 Å². The van der Waals surface area contributed by atoms with Gasteiger partial charge in [0, 0.05) is 19.1 Å². The van der Waals surface area contributed by atoms with Gasteiger partial charge in [0.25, 0.3) is 0 Å². The van der Waals surface area contributed by atoms with Crippen molar-refractivity contribution in [3.63, 3.8) is 0 Å². The van der Waals surface area contributed by atoms with Crippen LogP contribution in [0.3, 0.4) is 0 Å². The SMILES string of the molecule is O=S(NC1CC1C1CCC1)C1CNC1. The number of hydrogen-bond acceptors (Lipinski definition) is 2. The molecule has 0 amide bonds. The highest BCUT2D eigenvalue weighted by molar-refractivity contribution is 7.83. The highest BCUT2D eigenvalue weighted by Crippen LogP contribution is 2.47. The van der Waals surface area contributed by atoms with E-state index in [2.05, 4.69) is 10.0 Å². The third kappa shape index (κ3) is 1.64. The Balaban J connectivity index is 1.43. The lowest BCUT2D eigenvalue weighted by atomic mass is 9.81. The quantitative estimate of drug-likeness (QED) is 0.711. The van der Waals surface area contributed by atoms with Crippen LogP contribution in [-0.4, -0.2) is 28.6 Å². The van der Waals surface area contributed by atoms with Crippen LogP contribution in [0, 0.1) is 11.8 Å². The topological polar surface area (TPSA) is 41.1 Å². The van der Waals surface area contributed by atoms with Crippen molar-refractivity contribution in [1.29, 1.82) is 0 Å². The van der Waals surface area contributed by atoms with Crippen molar-refractivity contribution < 1.29 is 4.21 Å². The summed E-state index contributed by atoms with van der Waals surface area (Å²) in [6.07, 6.45) is 5.53. The molecule has 14 heavy (non-hydrogen) atoms. The average molecular weight is 214 g/mol. The number of hydrogen-bond donors (Lipinski definition) is 2. The fourth-order valence-electron chi connectivity index (χ4n) is 2.40. The third-order valence-corrected chi connectivity index (χ3v) is 5.38. The molecule has 1 heterocycles. The summed E-state index contributed by atoms with van der Waals surface area (Å²) >= 11 is 0. The molecule has 80 valence electrons. The van der Waals surface area contributed by atoms with Gasteiger partial charge in [0.2, 0.25) is 0 Å². The predicted molar refractivity (Wildman–Crippen MR) is 57.2 cm³/mol. The van der Waals surface area contributed by atoms with Crippen molar-refractivity contribution >= 4 is 11.0 Å². The van der Waals surface area contributed by atoms with Gasteiger partial charge in [-0.1, -0.05) is 19.3 Å². The molecular weight excluding hydrogens is 196 g/mol. The fourth-order valence-corrected chi connectivity index (χ4v) is 3.70. The Morgan fingerprint density at radius 1 is 1.29 bits per heavy atom. The van der Waals surface area contributed by atoms with Crippen molar-refractivity contribution in [1.82, 2.24) is 10.0 Å². The van der Waals surface area contributed by atoms with Gasteiger partial charge in [-0.3, -0.25) is 0 Å². The van der Waals surface area contributed by atoms with E-state index in [0.717, 1.165) is 24.9 Å². The molecule has 3 rings (SSSR count). The van der Waals surface area contributed by atoms with Crippen LogP contribution in [0.5, 0.6) is 0 Å². The molecule has 0 bridgehead atoms. The first-order valence-corrected chi connectivity index (χ1v) is 6.93. The zero-order valence-electron chi connectivity index (χ0n) is 8.37. The maximum atomic E-state index is 11.7. The molecular formula is C10H18N2OS. The molecule has 2 aliphatic carbocycles. The summed E-state index contributed by atoms with van der Waals surface area (Å²) in [4.78, 5) is 0. The van der Waals surface area contributed by atoms with Gasteiger partial charge < -0.3 is 5.32 Å². The standard InChI is InChI=1S/C10H18N2OS/c13-14(8-5-11-6-8)12-10-4-9(10)7-2-1-3-7/h7-12H,1-6H2. The van der Waals surface area contributed by atoms with Crippen molar-refractivity contribution in [3.05, 3.63) is 0 Å². The van der Waals surface area contributed by atoms with E-state index in [-0.39, 0.29) is 0 Å². The molecule has 1 saturated heterocycles. The minimum Gasteiger partial charge on any atom is -0.314 e. The van der Waals surface area contributed by atoms with Crippen LogP contribution >= 0.6 is 0 Å². The summed E-state index contributed by atoms with van der Waals surface area (Å²) in [7, 11) is -0.773. The Labute approximate surface area is 87.6 Å². The normalized spacial score (nSPS) is 40.0. The average Bonchev–Trinajstić information content (AvgIpc) is 2.59. The molecule has 3 unspecified atom stereocenters. The second-order valence-corrected chi connectivity index (χ2v) is 6.39. The number of nitrogens with one attached hydrogen (secondary N) is 2. The molecule has 0 aromatic carbocycles. The Bertz CT molecular complexity index is 251. The van der Waals surface area contributed by atoms with Crippen LogP contribution in [0.25, 0.3) is 0 Å². The fraction of sp³-hybridized carbons (Fsp3) is 1.00. The minimum atomic E-state index is -0.773. The van der Waals surface area contributed by atoms with Crippen LogP contribution in [0.1, 0.15) is 25.7 Å². The van der Waals surface area contributed by atoms with E-state index in [1.807, 2.05) is 0 Å². The lowest BCUT2D eigenvalue weighted by Crippen LogP contribution is -2.52. The Hall–Kier alpha value is 0.0700. The molecule has 3 nitrogen and oxygen atoms in total. The smallest absolute Gasteiger partial charge is 0.0975 e. The van der Waals surface area contributed by atoms with Gasteiger partial charge in [0.05, 0.1) is 16.2 Å². The Kier molecular flexibility index (Phi) is 2.38. The molecule has 1 aliphatic heterocycles. The van der Waals surface area contributed by atoms with Gasteiger partial charge in [-0.05, 0) is 18.3 Å². The van der Waals surface area contributed by atoms with E-state index in [0.29, 0.717) is 11.3 Å². The number of rotatable bonds is 4. The van der Waals surface area contributed by atoms with E-state index < -0.39 is 11.0 Å². The van der Waals surface area contributed by atoms with Crippen LogP contribution < -0.4 is 10.0 Å². The van der Waals surface area contributed by atoms with Gasteiger partial charge in [-0.25, -0.2) is 8.93 Å². The minimum absolute atomic E-state index is 0.373. The zero-order chi connectivity index (χ0) is 9.54. The van der Waals surface area contributed by atoms with Gasteiger partial charge in [-0.15, -0.1) is 0 Å². The molecule has 4 heteroatoms. The van der Waals surface area contributed by atoms with Crippen molar-refractivity contribution in [2.75, 3.05) is 13.1 Å². The first kappa shape index (κ1) is 9.31. The van der Waals surface area contributed by atoms with E-state index in [4.69, 9.17) is 0 Å². The molecule has 3 atom stereocenters. The van der Waals surface area contributed by atoms with Gasteiger partial charge >= 0.3 is 0 Å². The van der Waals surface area contributed by atoms with E-state index in [1.165, 1.54) is 25.7 Å². The Morgan fingerprint density at radius 3 is 2.57 bits per heavy atom. The van der Waals surface area contributed by atoms with E-state index >= 15 is 0 Å². The first-order chi connectivity index (χ1) is 6.84. The maximum absolute atomic E-state index is 11.7. The lowest BCUT2D eigenvalue weighted by molar-refractivity contribution is 0.272. The third-order valence-electron chi connectivity index (χ3n) is 3.91. The van der Waals surface area contributed by atoms with Gasteiger partial charge in [0.1, 0.15) is 0 Å². The lowest BCUT2D eigenvalue weighted by Gasteiger charge is -2.28. The summed E-state index contributed by atoms with van der Waals surface area (Å²) in [5.74, 6) is 1.82. The largest absolute Gasteiger partial charge is 0.314 e. The second kappa shape index (κ2) is 3.58. The van der Waals surface area contributed by atoms with Crippen molar-refractivity contribution in [2.45, 2.75) is 37.0 Å². The summed E-state index contributed by atoms with van der Waals surface area (Å²) in [6, 6.07) is 0.585. The monoisotopic (exact) mass is 214 g/mol. The molecule has 0 spiro atoms. The molecule has 0 aromatic rings. The van der Waals surface area contributed by atoms with Crippen LogP contribution in [-0.2, 0) is 11.0 Å². The second-order valence-electron chi connectivity index (χ2n) is 4.89. The molecule has 3 fully saturated rings. The molecule has 0 aromatic heterocycles. The summed E-state index contributed by atoms with van der Waals surface area (Å²) in [5.41, 5.74) is 0. The molecule has 2 saturated carbocycles. The van der Waals surface area contributed by atoms with Crippen LogP contribution in [0.2, 0.25) is 0 Å². The van der Waals surface area contributed by atoms with Crippen molar-refractivity contribution in [3.8, 4) is 0 Å². The van der Waals surface area contributed by atoms with E-state index in [9.17, 15) is 4.21 Å². The van der Waals surface area contributed by atoms with Gasteiger partial charge in [-0.2, -0.15) is 0 Å². The highest BCUT2D eigenvalue weighted by Gasteiger charge is 2.46. The zero-order valence-corrected chi connectivity index (χ0v) is 9.19. The Morgan fingerprint density at radius 2 is 2.07 bits per heavy atom. The first-order valence-electron chi connectivity index (χ1n) is 5.72. The highest BCUT2D eigenvalue weighted by atomic mass is 32.2. The van der Waals surface area contributed by atoms with Gasteiger partial charge in [0.15, 0.2) is 0 Å². The van der Waals surface area contributed by atoms with Crippen molar-refractivity contribution in [2.24, 2.45) is 11.8 Å². The molecule has 2 N–H and O–H groups in total. The summed E-state index contributed by atoms with van der Waals surface area (Å²) < 4.78 is 15.0. The predicted octanol–water partition coefficient (Wildman–Crippen LogP) is 0.400. The maximum Gasteiger partial charge on any atom is 0.0975 e. The van der Waals surface area contributed by atoms with Crippen LogP contribution in [0.15, 0.2) is 0 Å². The molecule has 0 radical (unpaired) electrons.